The van der Waals surface area contributed by atoms with Gasteiger partial charge >= 0.3 is 0 Å². The van der Waals surface area contributed by atoms with Crippen molar-refractivity contribution in [3.63, 3.8) is 0 Å². The quantitative estimate of drug-likeness (QED) is 0.727. The molecule has 1 N–H and O–H groups in total. The Kier molecular flexibility index (Phi) is 6.66. The number of nitrogens with one attached hydrogen (secondary N) is 1. The molecular formula is C20H25FN2O4S. The van der Waals surface area contributed by atoms with Gasteiger partial charge in [0.2, 0.25) is 5.91 Å². The molecule has 0 saturated carbocycles. The van der Waals surface area contributed by atoms with Crippen molar-refractivity contribution in [1.29, 1.82) is 0 Å². The first-order chi connectivity index (χ1) is 13.1. The van der Waals surface area contributed by atoms with Crippen molar-refractivity contribution in [2.45, 2.75) is 37.6 Å². The van der Waals surface area contributed by atoms with E-state index in [-0.39, 0.29) is 10.6 Å². The standard InChI is InChI=1S/C20H25FN2O4S/c1-5-20(2,3)22-19(24)14-23(16-8-6-15(21)7-9-16)28(25,26)18-12-10-17(27-4)11-13-18/h6-13H,5,14H2,1-4H3,(H,22,24). The van der Waals surface area contributed by atoms with Crippen molar-refractivity contribution in [3.8, 4) is 5.75 Å². The molecule has 0 spiro atoms. The minimum atomic E-state index is -4.05. The number of carbonyl (C=O) groups is 1. The molecule has 6 nitrogen and oxygen atoms in total. The molecule has 0 aliphatic rings. The third-order valence-corrected chi connectivity index (χ3v) is 6.20. The number of amides is 1. The van der Waals surface area contributed by atoms with Gasteiger partial charge in [-0.1, -0.05) is 6.92 Å². The Morgan fingerprint density at radius 1 is 1.11 bits per heavy atom. The molecule has 0 fully saturated rings. The number of ether oxygens (including phenoxy) is 1. The molecular weight excluding hydrogens is 383 g/mol. The van der Waals surface area contributed by atoms with E-state index in [1.165, 1.54) is 43.5 Å². The van der Waals surface area contributed by atoms with E-state index in [4.69, 9.17) is 4.74 Å². The van der Waals surface area contributed by atoms with Gasteiger partial charge in [0, 0.05) is 5.54 Å². The average molecular weight is 408 g/mol. The molecule has 0 radical (unpaired) electrons. The molecule has 152 valence electrons. The topological polar surface area (TPSA) is 75.7 Å². The third kappa shape index (κ3) is 5.22. The van der Waals surface area contributed by atoms with Crippen molar-refractivity contribution < 1.29 is 22.3 Å². The second-order valence-corrected chi connectivity index (χ2v) is 8.81. The molecule has 1 amide bonds. The number of carbonyl (C=O) groups excluding carboxylic acids is 1. The Labute approximate surface area is 165 Å². The SMILES string of the molecule is CCC(C)(C)NC(=O)CN(c1ccc(F)cc1)S(=O)(=O)c1ccc(OC)cc1. The first kappa shape index (κ1) is 21.7. The number of rotatable bonds is 8. The Balaban J connectivity index is 2.42. The van der Waals surface area contributed by atoms with E-state index in [0.29, 0.717) is 12.2 Å². The van der Waals surface area contributed by atoms with Gasteiger partial charge in [0.25, 0.3) is 10.0 Å². The summed E-state index contributed by atoms with van der Waals surface area (Å²) in [5.74, 6) is -0.440. The molecule has 2 aromatic rings. The van der Waals surface area contributed by atoms with Crippen LogP contribution in [0.1, 0.15) is 27.2 Å². The number of sulfonamides is 1. The molecule has 8 heteroatoms. The van der Waals surface area contributed by atoms with Crippen molar-refractivity contribution in [3.05, 3.63) is 54.3 Å². The fourth-order valence-corrected chi connectivity index (χ4v) is 3.85. The lowest BCUT2D eigenvalue weighted by Gasteiger charge is -2.28. The zero-order valence-electron chi connectivity index (χ0n) is 16.4. The number of anilines is 1. The van der Waals surface area contributed by atoms with Gasteiger partial charge < -0.3 is 10.1 Å². The zero-order valence-corrected chi connectivity index (χ0v) is 17.2. The number of hydrogen-bond donors (Lipinski definition) is 1. The maximum atomic E-state index is 13.3. The van der Waals surface area contributed by atoms with Crippen molar-refractivity contribution >= 4 is 21.6 Å². The number of benzene rings is 2. The predicted octanol–water partition coefficient (Wildman–Crippen LogP) is 3.33. The van der Waals surface area contributed by atoms with E-state index >= 15 is 0 Å². The van der Waals surface area contributed by atoms with E-state index in [1.54, 1.807) is 0 Å². The lowest BCUT2D eigenvalue weighted by Crippen LogP contribution is -2.48. The van der Waals surface area contributed by atoms with E-state index in [0.717, 1.165) is 16.4 Å². The van der Waals surface area contributed by atoms with Crippen LogP contribution in [0.4, 0.5) is 10.1 Å². The maximum Gasteiger partial charge on any atom is 0.264 e. The summed E-state index contributed by atoms with van der Waals surface area (Å²) in [6.45, 7) is 5.20. The molecule has 0 aliphatic carbocycles. The van der Waals surface area contributed by atoms with E-state index in [9.17, 15) is 17.6 Å². The van der Waals surface area contributed by atoms with Crippen molar-refractivity contribution in [2.75, 3.05) is 18.0 Å². The monoisotopic (exact) mass is 408 g/mol. The van der Waals surface area contributed by atoms with Crippen LogP contribution in [0.2, 0.25) is 0 Å². The smallest absolute Gasteiger partial charge is 0.264 e. The first-order valence-electron chi connectivity index (χ1n) is 8.82. The van der Waals surface area contributed by atoms with Crippen LogP contribution in [-0.2, 0) is 14.8 Å². The lowest BCUT2D eigenvalue weighted by molar-refractivity contribution is -0.121. The molecule has 0 bridgehead atoms. The summed E-state index contributed by atoms with van der Waals surface area (Å²) in [4.78, 5) is 12.5. The first-order valence-corrected chi connectivity index (χ1v) is 10.3. The van der Waals surface area contributed by atoms with E-state index < -0.39 is 33.8 Å². The molecule has 2 rings (SSSR count). The average Bonchev–Trinajstić information content (AvgIpc) is 2.66. The number of methoxy groups -OCH3 is 1. The van der Waals surface area contributed by atoms with Crippen LogP contribution in [-0.4, -0.2) is 33.5 Å². The Morgan fingerprint density at radius 2 is 1.68 bits per heavy atom. The summed E-state index contributed by atoms with van der Waals surface area (Å²) in [6, 6.07) is 10.8. The fourth-order valence-electron chi connectivity index (χ4n) is 2.43. The minimum absolute atomic E-state index is 0.000164. The molecule has 0 heterocycles. The number of nitrogens with zero attached hydrogens (tertiary/aromatic N) is 1. The zero-order chi connectivity index (χ0) is 20.9. The van der Waals surface area contributed by atoms with Crippen LogP contribution in [0.25, 0.3) is 0 Å². The second-order valence-electron chi connectivity index (χ2n) is 6.95. The van der Waals surface area contributed by atoms with Gasteiger partial charge in [-0.2, -0.15) is 0 Å². The van der Waals surface area contributed by atoms with E-state index in [2.05, 4.69) is 5.32 Å². The van der Waals surface area contributed by atoms with Crippen molar-refractivity contribution in [2.24, 2.45) is 0 Å². The van der Waals surface area contributed by atoms with Gasteiger partial charge in [-0.25, -0.2) is 12.8 Å². The highest BCUT2D eigenvalue weighted by Crippen LogP contribution is 2.25. The van der Waals surface area contributed by atoms with Gasteiger partial charge in [0.05, 0.1) is 17.7 Å². The molecule has 0 atom stereocenters. The lowest BCUT2D eigenvalue weighted by atomic mass is 10.0. The van der Waals surface area contributed by atoms with Gasteiger partial charge in [0.15, 0.2) is 0 Å². The third-order valence-electron chi connectivity index (χ3n) is 4.41. The van der Waals surface area contributed by atoms with Crippen molar-refractivity contribution in [1.82, 2.24) is 5.32 Å². The van der Waals surface area contributed by atoms with Gasteiger partial charge in [0.1, 0.15) is 18.1 Å². The highest BCUT2D eigenvalue weighted by Gasteiger charge is 2.29. The number of halogens is 1. The molecule has 28 heavy (non-hydrogen) atoms. The highest BCUT2D eigenvalue weighted by atomic mass is 32.2. The van der Waals surface area contributed by atoms with Crippen LogP contribution in [0.3, 0.4) is 0 Å². The van der Waals surface area contributed by atoms with Crippen LogP contribution in [0.5, 0.6) is 5.75 Å². The van der Waals surface area contributed by atoms with Crippen LogP contribution in [0.15, 0.2) is 53.4 Å². The molecule has 0 saturated heterocycles. The summed E-state index contributed by atoms with van der Waals surface area (Å²) < 4.78 is 45.7. The maximum absolute atomic E-state index is 13.3. The van der Waals surface area contributed by atoms with Crippen LogP contribution < -0.4 is 14.4 Å². The molecule has 0 aromatic heterocycles. The summed E-state index contributed by atoms with van der Waals surface area (Å²) >= 11 is 0. The summed E-state index contributed by atoms with van der Waals surface area (Å²) in [7, 11) is -2.57. The van der Waals surface area contributed by atoms with Gasteiger partial charge in [-0.3, -0.25) is 9.10 Å². The molecule has 0 aliphatic heterocycles. The normalized spacial score (nSPS) is 11.8. The minimum Gasteiger partial charge on any atom is -0.497 e. The molecule has 0 unspecified atom stereocenters. The van der Waals surface area contributed by atoms with Crippen LogP contribution in [0, 0.1) is 5.82 Å². The van der Waals surface area contributed by atoms with Crippen LogP contribution >= 0.6 is 0 Å². The summed E-state index contributed by atoms with van der Waals surface area (Å²) in [5.41, 5.74) is -0.281. The summed E-state index contributed by atoms with van der Waals surface area (Å²) in [5, 5.41) is 2.82. The van der Waals surface area contributed by atoms with E-state index in [1.807, 2.05) is 20.8 Å². The number of hydrogen-bond acceptors (Lipinski definition) is 4. The Hall–Kier alpha value is -2.61. The fraction of sp³-hybridized carbons (Fsp3) is 0.350. The summed E-state index contributed by atoms with van der Waals surface area (Å²) in [6.07, 6.45) is 0.681. The highest BCUT2D eigenvalue weighted by molar-refractivity contribution is 7.92. The Morgan fingerprint density at radius 3 is 2.18 bits per heavy atom. The predicted molar refractivity (Wildman–Crippen MR) is 106 cm³/mol. The largest absolute Gasteiger partial charge is 0.497 e. The van der Waals surface area contributed by atoms with Gasteiger partial charge in [-0.15, -0.1) is 0 Å². The second kappa shape index (κ2) is 8.60. The van der Waals surface area contributed by atoms with Gasteiger partial charge in [-0.05, 0) is 68.8 Å². The Bertz CT molecular complexity index is 910. The molecule has 2 aromatic carbocycles.